The number of hydrogen-bond acceptors (Lipinski definition) is 4. The average Bonchev–Trinajstić information content (AvgIpc) is 2.28. The molecular formula is C11H17N3O2. The Balaban J connectivity index is 2.50. The highest BCUT2D eigenvalue weighted by Gasteiger charge is 2.00. The van der Waals surface area contributed by atoms with E-state index in [0.29, 0.717) is 12.3 Å². The molecule has 1 rings (SSSR count). The molecule has 1 aromatic rings. The number of carbonyl (C=O) groups is 1. The fourth-order valence-electron chi connectivity index (χ4n) is 1.15. The first kappa shape index (κ1) is 12.3. The molecule has 0 saturated carbocycles. The molecule has 5 nitrogen and oxygen atoms in total. The Morgan fingerprint density at radius 2 is 2.06 bits per heavy atom. The summed E-state index contributed by atoms with van der Waals surface area (Å²) in [6.45, 7) is 2.46. The topological polar surface area (TPSA) is 90.4 Å². The first-order valence-corrected chi connectivity index (χ1v) is 5.09. The molecule has 0 spiro atoms. The molecule has 1 unspecified atom stereocenters. The number of benzene rings is 1. The van der Waals surface area contributed by atoms with Crippen LogP contribution in [0.4, 0.5) is 5.69 Å². The van der Waals surface area contributed by atoms with Gasteiger partial charge in [0.1, 0.15) is 5.75 Å². The smallest absolute Gasteiger partial charge is 0.255 e. The predicted molar refractivity (Wildman–Crippen MR) is 63.3 cm³/mol. The van der Waals surface area contributed by atoms with Crippen molar-refractivity contribution in [2.24, 2.45) is 11.5 Å². The van der Waals surface area contributed by atoms with Crippen molar-refractivity contribution >= 4 is 11.6 Å². The molecule has 1 aromatic carbocycles. The lowest BCUT2D eigenvalue weighted by Gasteiger charge is -2.13. The van der Waals surface area contributed by atoms with Crippen molar-refractivity contribution < 1.29 is 9.53 Å². The molecule has 16 heavy (non-hydrogen) atoms. The Hall–Kier alpha value is -1.75. The van der Waals surface area contributed by atoms with Gasteiger partial charge in [-0.2, -0.15) is 0 Å². The standard InChI is InChI=1S/C11H17N3O2/c1-8(6-12)14-9-2-4-10(5-3-9)16-7-11(13)15/h2-5,8,14H,6-7,12H2,1H3,(H2,13,15). The minimum atomic E-state index is -0.487. The van der Waals surface area contributed by atoms with Gasteiger partial charge in [0, 0.05) is 18.3 Å². The summed E-state index contributed by atoms with van der Waals surface area (Å²) in [5.74, 6) is 0.128. The Morgan fingerprint density at radius 3 is 2.56 bits per heavy atom. The zero-order valence-electron chi connectivity index (χ0n) is 9.27. The van der Waals surface area contributed by atoms with Gasteiger partial charge >= 0.3 is 0 Å². The summed E-state index contributed by atoms with van der Waals surface area (Å²) in [4.78, 5) is 10.5. The van der Waals surface area contributed by atoms with Crippen molar-refractivity contribution in [1.29, 1.82) is 0 Å². The third-order valence-corrected chi connectivity index (χ3v) is 2.00. The Morgan fingerprint density at radius 1 is 1.44 bits per heavy atom. The van der Waals surface area contributed by atoms with Crippen molar-refractivity contribution in [3.8, 4) is 5.75 Å². The van der Waals surface area contributed by atoms with E-state index in [4.69, 9.17) is 16.2 Å². The van der Waals surface area contributed by atoms with Crippen LogP contribution in [0.3, 0.4) is 0 Å². The van der Waals surface area contributed by atoms with Crippen molar-refractivity contribution in [2.45, 2.75) is 13.0 Å². The van der Waals surface area contributed by atoms with Gasteiger partial charge in [0.15, 0.2) is 6.61 Å². The van der Waals surface area contributed by atoms with Crippen LogP contribution in [0.1, 0.15) is 6.92 Å². The van der Waals surface area contributed by atoms with Gasteiger partial charge in [-0.3, -0.25) is 4.79 Å². The van der Waals surface area contributed by atoms with Crippen LogP contribution in [0, 0.1) is 0 Å². The van der Waals surface area contributed by atoms with E-state index in [1.165, 1.54) is 0 Å². The molecule has 5 heteroatoms. The van der Waals surface area contributed by atoms with E-state index < -0.39 is 5.91 Å². The van der Waals surface area contributed by atoms with Crippen LogP contribution in [0.15, 0.2) is 24.3 Å². The Bertz CT molecular complexity index is 338. The predicted octanol–water partition coefficient (Wildman–Crippen LogP) is 0.310. The fraction of sp³-hybridized carbons (Fsp3) is 0.364. The van der Waals surface area contributed by atoms with E-state index in [2.05, 4.69) is 5.32 Å². The molecule has 0 aromatic heterocycles. The lowest BCUT2D eigenvalue weighted by Crippen LogP contribution is -2.25. The maximum Gasteiger partial charge on any atom is 0.255 e. The van der Waals surface area contributed by atoms with Gasteiger partial charge in [-0.25, -0.2) is 0 Å². The molecule has 0 bridgehead atoms. The van der Waals surface area contributed by atoms with Crippen LogP contribution in [0.5, 0.6) is 5.75 Å². The van der Waals surface area contributed by atoms with Gasteiger partial charge in [-0.15, -0.1) is 0 Å². The molecule has 5 N–H and O–H groups in total. The number of carbonyl (C=O) groups excluding carboxylic acids is 1. The molecule has 0 radical (unpaired) electrons. The number of primary amides is 1. The summed E-state index contributed by atoms with van der Waals surface area (Å²) in [5, 5.41) is 3.21. The van der Waals surface area contributed by atoms with E-state index in [1.54, 1.807) is 12.1 Å². The maximum atomic E-state index is 10.5. The number of nitrogens with one attached hydrogen (secondary N) is 1. The van der Waals surface area contributed by atoms with Gasteiger partial charge in [-0.1, -0.05) is 0 Å². The van der Waals surface area contributed by atoms with Crippen molar-refractivity contribution in [3.63, 3.8) is 0 Å². The number of nitrogens with two attached hydrogens (primary N) is 2. The average molecular weight is 223 g/mol. The molecule has 0 aliphatic rings. The molecule has 0 aliphatic heterocycles. The normalized spacial score (nSPS) is 11.9. The molecule has 1 atom stereocenters. The van der Waals surface area contributed by atoms with Crippen LogP contribution in [-0.2, 0) is 4.79 Å². The third-order valence-electron chi connectivity index (χ3n) is 2.00. The Labute approximate surface area is 94.8 Å². The van der Waals surface area contributed by atoms with Crippen molar-refractivity contribution in [1.82, 2.24) is 0 Å². The van der Waals surface area contributed by atoms with Crippen LogP contribution in [-0.4, -0.2) is 25.1 Å². The molecule has 1 amide bonds. The Kier molecular flexibility index (Phi) is 4.60. The minimum Gasteiger partial charge on any atom is -0.484 e. The molecule has 0 heterocycles. The second kappa shape index (κ2) is 5.97. The monoisotopic (exact) mass is 223 g/mol. The zero-order valence-corrected chi connectivity index (χ0v) is 9.27. The van der Waals surface area contributed by atoms with E-state index in [0.717, 1.165) is 5.69 Å². The van der Waals surface area contributed by atoms with Crippen LogP contribution >= 0.6 is 0 Å². The van der Waals surface area contributed by atoms with Crippen molar-refractivity contribution in [2.75, 3.05) is 18.5 Å². The highest BCUT2D eigenvalue weighted by Crippen LogP contribution is 2.15. The first-order chi connectivity index (χ1) is 7.61. The summed E-state index contributed by atoms with van der Waals surface area (Å²) in [5.41, 5.74) is 11.4. The number of amides is 1. The molecule has 0 fully saturated rings. The maximum absolute atomic E-state index is 10.5. The number of ether oxygens (including phenoxy) is 1. The molecule has 0 aliphatic carbocycles. The second-order valence-corrected chi connectivity index (χ2v) is 3.56. The van der Waals surface area contributed by atoms with Crippen LogP contribution in [0.25, 0.3) is 0 Å². The molecule has 88 valence electrons. The van der Waals surface area contributed by atoms with E-state index >= 15 is 0 Å². The number of anilines is 1. The number of rotatable bonds is 6. The van der Waals surface area contributed by atoms with E-state index in [-0.39, 0.29) is 12.6 Å². The molecule has 0 saturated heterocycles. The minimum absolute atomic E-state index is 0.105. The third kappa shape index (κ3) is 4.18. The summed E-state index contributed by atoms with van der Waals surface area (Å²) in [7, 11) is 0. The van der Waals surface area contributed by atoms with Crippen molar-refractivity contribution in [3.05, 3.63) is 24.3 Å². The largest absolute Gasteiger partial charge is 0.484 e. The highest BCUT2D eigenvalue weighted by molar-refractivity contribution is 5.75. The summed E-state index contributed by atoms with van der Waals surface area (Å²) < 4.78 is 5.13. The lowest BCUT2D eigenvalue weighted by molar-refractivity contribution is -0.119. The van der Waals surface area contributed by atoms with Gasteiger partial charge in [-0.05, 0) is 31.2 Å². The highest BCUT2D eigenvalue weighted by atomic mass is 16.5. The SMILES string of the molecule is CC(CN)Nc1ccc(OCC(N)=O)cc1. The number of hydrogen-bond donors (Lipinski definition) is 3. The summed E-state index contributed by atoms with van der Waals surface area (Å²) in [6, 6.07) is 7.49. The van der Waals surface area contributed by atoms with E-state index in [1.807, 2.05) is 19.1 Å². The summed E-state index contributed by atoms with van der Waals surface area (Å²) >= 11 is 0. The quantitative estimate of drug-likeness (QED) is 0.647. The fourth-order valence-corrected chi connectivity index (χ4v) is 1.15. The van der Waals surface area contributed by atoms with Gasteiger partial charge in [0.05, 0.1) is 0 Å². The first-order valence-electron chi connectivity index (χ1n) is 5.09. The summed E-state index contributed by atoms with van der Waals surface area (Å²) in [6.07, 6.45) is 0. The van der Waals surface area contributed by atoms with Crippen LogP contribution in [0.2, 0.25) is 0 Å². The van der Waals surface area contributed by atoms with E-state index in [9.17, 15) is 4.79 Å². The van der Waals surface area contributed by atoms with Gasteiger partial charge in [0.2, 0.25) is 0 Å². The zero-order chi connectivity index (χ0) is 12.0. The van der Waals surface area contributed by atoms with Gasteiger partial charge < -0.3 is 21.5 Å². The van der Waals surface area contributed by atoms with Gasteiger partial charge in [0.25, 0.3) is 5.91 Å². The lowest BCUT2D eigenvalue weighted by atomic mass is 10.2. The van der Waals surface area contributed by atoms with Crippen LogP contribution < -0.4 is 21.5 Å². The molecular weight excluding hydrogens is 206 g/mol. The second-order valence-electron chi connectivity index (χ2n) is 3.56.